The monoisotopic (exact) mass is 710 g/mol. The molecule has 29 heavy (non-hydrogen) atoms. The molecule has 0 saturated carbocycles. The SMILES string of the molecule is Cc1nc(C)c(C)c(C)c1C.Cc1nc(C)c(C)c(C)c1C.[I][Mo][I].[N-]=O.[N-]=O. The van der Waals surface area contributed by atoms with Crippen LogP contribution < -0.4 is 0 Å². The summed E-state index contributed by atoms with van der Waals surface area (Å²) in [6.07, 6.45) is 0. The number of hydrogen-bond donors (Lipinski definition) is 0. The second-order valence-corrected chi connectivity index (χ2v) is 21.8. The van der Waals surface area contributed by atoms with Crippen molar-refractivity contribution in [3.8, 4) is 0 Å². The molecule has 0 atom stereocenters. The van der Waals surface area contributed by atoms with Crippen molar-refractivity contribution in [2.24, 2.45) is 0 Å². The van der Waals surface area contributed by atoms with Crippen molar-refractivity contribution in [2.45, 2.75) is 69.2 Å². The first-order valence-electron chi connectivity index (χ1n) is 8.57. The fraction of sp³-hybridized carbons (Fsp3) is 0.500. The molecule has 0 unspecified atom stereocenters. The third-order valence-corrected chi connectivity index (χ3v) is 5.09. The first kappa shape index (κ1) is 33.3. The molecule has 0 fully saturated rings. The minimum atomic E-state index is 0.410. The predicted octanol–water partition coefficient (Wildman–Crippen LogP) is 7.66. The van der Waals surface area contributed by atoms with E-state index in [4.69, 9.17) is 21.0 Å². The number of nitroso groups, excluding NO2 is 2. The van der Waals surface area contributed by atoms with Crippen LogP contribution in [0.3, 0.4) is 0 Å². The predicted molar refractivity (Wildman–Crippen MR) is 137 cm³/mol. The minimum absolute atomic E-state index is 0.410. The molecule has 9 heteroatoms. The molecule has 2 aromatic heterocycles. The van der Waals surface area contributed by atoms with Gasteiger partial charge in [-0.25, -0.2) is 0 Å². The third-order valence-electron chi connectivity index (χ3n) is 5.09. The largest absolute Gasteiger partial charge is 0.577 e. The molecule has 2 rings (SSSR count). The zero-order valence-corrected chi connectivity index (χ0v) is 25.1. The van der Waals surface area contributed by atoms with Crippen molar-refractivity contribution in [3.63, 3.8) is 0 Å². The van der Waals surface area contributed by atoms with Crippen LogP contribution in [0.1, 0.15) is 56.2 Å². The van der Waals surface area contributed by atoms with Crippen molar-refractivity contribution in [1.82, 2.24) is 9.97 Å². The Kier molecular flexibility index (Phi) is 21.1. The Hall–Kier alpha value is -0.352. The van der Waals surface area contributed by atoms with E-state index < -0.39 is 0 Å². The number of pyridine rings is 2. The first-order valence-corrected chi connectivity index (χ1v) is 20.5. The van der Waals surface area contributed by atoms with E-state index in [1.807, 2.05) is 0 Å². The van der Waals surface area contributed by atoms with Gasteiger partial charge in [-0.05, 0) is 103 Å². The molecule has 2 aromatic rings. The smallest absolute Gasteiger partial charge is 0.423 e. The summed E-state index contributed by atoms with van der Waals surface area (Å²) in [4.78, 5) is 23.4. The van der Waals surface area contributed by atoms with Gasteiger partial charge in [0, 0.05) is 22.8 Å². The minimum Gasteiger partial charge on any atom is -0.577 e. The van der Waals surface area contributed by atoms with E-state index in [1.165, 1.54) is 33.4 Å². The van der Waals surface area contributed by atoms with Crippen molar-refractivity contribution < 1.29 is 11.2 Å². The average Bonchev–Trinajstić information content (AvgIpc) is 2.72. The van der Waals surface area contributed by atoms with E-state index in [2.05, 4.69) is 118 Å². The summed E-state index contributed by atoms with van der Waals surface area (Å²) in [7, 11) is 0. The maximum atomic E-state index is 7.25. The van der Waals surface area contributed by atoms with Gasteiger partial charge in [-0.15, -0.1) is 0 Å². The van der Waals surface area contributed by atoms with Gasteiger partial charge in [-0.1, -0.05) is 0 Å². The summed E-state index contributed by atoms with van der Waals surface area (Å²) in [5.41, 5.74) is 24.2. The van der Waals surface area contributed by atoms with Gasteiger partial charge in [-0.3, -0.25) is 9.97 Å². The number of hydrogen-bond acceptors (Lipinski definition) is 4. The standard InChI is InChI=1S/2C10H15N.2HI.Mo.2NO/c2*1-6-7(2)9(4)11-10(5)8(6)3;;;;2*1-2/h2*1-5H3;2*1H;;;/q;;;;+2;2*-1/p-2. The Balaban J connectivity index is -0.000000357. The summed E-state index contributed by atoms with van der Waals surface area (Å²) in [5.74, 6) is 0. The Morgan fingerprint density at radius 1 is 0.483 bits per heavy atom. The van der Waals surface area contributed by atoms with Gasteiger partial charge >= 0.3 is 49.9 Å². The van der Waals surface area contributed by atoms with Crippen molar-refractivity contribution in [2.75, 3.05) is 0 Å². The van der Waals surface area contributed by atoms with E-state index in [0.717, 1.165) is 22.8 Å². The fourth-order valence-corrected chi connectivity index (χ4v) is 2.49. The van der Waals surface area contributed by atoms with Crippen LogP contribution in [0, 0.1) is 79.1 Å². The van der Waals surface area contributed by atoms with Crippen molar-refractivity contribution >= 4 is 38.7 Å². The second kappa shape index (κ2) is 18.4. The van der Waals surface area contributed by atoms with E-state index >= 15 is 0 Å². The molecule has 0 saturated heterocycles. The molecule has 0 amide bonds. The molecule has 0 aliphatic rings. The van der Waals surface area contributed by atoms with Crippen molar-refractivity contribution in [3.05, 3.63) is 77.2 Å². The van der Waals surface area contributed by atoms with E-state index in [0.29, 0.717) is 11.2 Å². The molecular weight excluding hydrogens is 678 g/mol. The van der Waals surface area contributed by atoms with Gasteiger partial charge in [0.15, 0.2) is 0 Å². The molecule has 0 aromatic carbocycles. The number of nitrogens with zero attached hydrogens (tertiary/aromatic N) is 4. The summed E-state index contributed by atoms with van der Waals surface area (Å²) < 4.78 is 0. The summed E-state index contributed by atoms with van der Waals surface area (Å²) in [6, 6.07) is 0. The number of halogens is 2. The number of aromatic nitrogens is 2. The fourth-order valence-electron chi connectivity index (χ4n) is 2.49. The normalized spacial score (nSPS) is 8.69. The van der Waals surface area contributed by atoms with Crippen LogP contribution in [-0.4, -0.2) is 9.97 Å². The van der Waals surface area contributed by atoms with Crippen molar-refractivity contribution in [1.29, 1.82) is 0 Å². The van der Waals surface area contributed by atoms with Crippen LogP contribution >= 0.6 is 38.7 Å². The Morgan fingerprint density at radius 3 is 0.759 bits per heavy atom. The molecule has 6 nitrogen and oxygen atoms in total. The maximum Gasteiger partial charge on any atom is -0.423 e. The van der Waals surface area contributed by atoms with Crippen LogP contribution in [-0.2, 0) is 11.2 Å². The zero-order valence-electron chi connectivity index (χ0n) is 18.8. The van der Waals surface area contributed by atoms with Gasteiger partial charge < -0.3 is 21.0 Å². The van der Waals surface area contributed by atoms with Gasteiger partial charge in [0.05, 0.1) is 0 Å². The molecular formula is C20H30I2MoN4O2-2. The van der Waals surface area contributed by atoms with E-state index in [1.54, 1.807) is 0 Å². The Bertz CT molecular complexity index is 659. The van der Waals surface area contributed by atoms with Gasteiger partial charge in [-0.2, -0.15) is 0 Å². The molecule has 0 bridgehead atoms. The Labute approximate surface area is 204 Å². The number of aryl methyl sites for hydroxylation is 4. The van der Waals surface area contributed by atoms with Crippen LogP contribution in [0.2, 0.25) is 0 Å². The van der Waals surface area contributed by atoms with Gasteiger partial charge in [0.1, 0.15) is 0 Å². The molecule has 0 radical (unpaired) electrons. The third kappa shape index (κ3) is 11.6. The molecule has 0 aliphatic heterocycles. The maximum absolute atomic E-state index is 7.25. The van der Waals surface area contributed by atoms with E-state index in [9.17, 15) is 0 Å². The summed E-state index contributed by atoms with van der Waals surface area (Å²) in [5, 5.41) is 0. The summed E-state index contributed by atoms with van der Waals surface area (Å²) >= 11 is 5.22. The number of rotatable bonds is 0. The zero-order chi connectivity index (χ0) is 23.9. The van der Waals surface area contributed by atoms with Gasteiger partial charge in [0.25, 0.3) is 0 Å². The van der Waals surface area contributed by atoms with E-state index in [-0.39, 0.29) is 0 Å². The Morgan fingerprint density at radius 2 is 0.621 bits per heavy atom. The molecule has 0 N–H and O–H groups in total. The van der Waals surface area contributed by atoms with Crippen LogP contribution in [0.4, 0.5) is 0 Å². The van der Waals surface area contributed by atoms with Crippen LogP contribution in [0.5, 0.6) is 0 Å². The van der Waals surface area contributed by atoms with Crippen LogP contribution in [0.25, 0.3) is 11.2 Å². The average molecular weight is 708 g/mol. The molecule has 0 aliphatic carbocycles. The van der Waals surface area contributed by atoms with Gasteiger partial charge in [0.2, 0.25) is 0 Å². The quantitative estimate of drug-likeness (QED) is 0.207. The van der Waals surface area contributed by atoms with Crippen LogP contribution in [0.15, 0.2) is 0 Å². The molecule has 0 spiro atoms. The molecule has 2 heterocycles. The molecule has 164 valence electrons. The topological polar surface area (TPSA) is 105 Å². The summed E-state index contributed by atoms with van der Waals surface area (Å²) in [6.45, 7) is 21.1. The second-order valence-electron chi connectivity index (χ2n) is 6.37. The first-order chi connectivity index (χ1) is 13.5.